The van der Waals surface area contributed by atoms with Crippen LogP contribution in [0.5, 0.6) is 0 Å². The molecule has 0 saturated carbocycles. The summed E-state index contributed by atoms with van der Waals surface area (Å²) in [6, 6.07) is 9.55. The number of carbonyl (C=O) groups is 2. The molecule has 0 fully saturated rings. The number of nitrogens with zero attached hydrogens (tertiary/aromatic N) is 2. The van der Waals surface area contributed by atoms with Gasteiger partial charge < -0.3 is 15.5 Å². The molecule has 0 spiro atoms. The first kappa shape index (κ1) is 18.2. The lowest BCUT2D eigenvalue weighted by Gasteiger charge is -2.26. The van der Waals surface area contributed by atoms with E-state index in [1.807, 2.05) is 44.2 Å². The predicted octanol–water partition coefficient (Wildman–Crippen LogP) is 2.94. The summed E-state index contributed by atoms with van der Waals surface area (Å²) >= 11 is 1.42. The van der Waals surface area contributed by atoms with Gasteiger partial charge in [0, 0.05) is 30.4 Å². The number of anilines is 1. The smallest absolute Gasteiger partial charge is 0.321 e. The van der Waals surface area contributed by atoms with Crippen molar-refractivity contribution in [1.82, 2.24) is 20.5 Å². The van der Waals surface area contributed by atoms with Crippen LogP contribution in [0.15, 0.2) is 30.3 Å². The van der Waals surface area contributed by atoms with E-state index in [0.717, 1.165) is 16.1 Å². The van der Waals surface area contributed by atoms with Crippen LogP contribution in [0.2, 0.25) is 0 Å². The number of rotatable bonds is 4. The summed E-state index contributed by atoms with van der Waals surface area (Å²) in [7, 11) is 0. The van der Waals surface area contributed by atoms with E-state index in [2.05, 4.69) is 20.9 Å². The normalized spacial score (nSPS) is 13.3. The third-order valence-corrected chi connectivity index (χ3v) is 4.94. The number of hydrogen-bond donors (Lipinski definition) is 3. The Morgan fingerprint density at radius 2 is 2.04 bits per heavy atom. The zero-order valence-corrected chi connectivity index (χ0v) is 15.7. The Bertz CT molecular complexity index is 775. The molecule has 0 radical (unpaired) electrons. The minimum absolute atomic E-state index is 0.0633. The molecule has 0 unspecified atom stereocenters. The lowest BCUT2D eigenvalue weighted by atomic mass is 10.2. The summed E-state index contributed by atoms with van der Waals surface area (Å²) in [5.41, 5.74) is 2.03. The number of thiazole rings is 1. The van der Waals surface area contributed by atoms with E-state index in [-0.39, 0.29) is 18.1 Å². The highest BCUT2D eigenvalue weighted by Gasteiger charge is 2.24. The number of fused-ring (bicyclic) bond motifs is 1. The Morgan fingerprint density at radius 3 is 2.77 bits per heavy atom. The van der Waals surface area contributed by atoms with Crippen molar-refractivity contribution in [3.8, 4) is 0 Å². The number of urea groups is 2. The highest BCUT2D eigenvalue weighted by Crippen LogP contribution is 2.28. The molecule has 0 bridgehead atoms. The quantitative estimate of drug-likeness (QED) is 0.770. The van der Waals surface area contributed by atoms with Gasteiger partial charge in [0.25, 0.3) is 0 Å². The summed E-state index contributed by atoms with van der Waals surface area (Å²) in [5.74, 6) is 0. The third kappa shape index (κ3) is 4.72. The molecule has 4 amide bonds. The fourth-order valence-corrected chi connectivity index (χ4v) is 3.72. The average Bonchev–Trinajstić information content (AvgIpc) is 3.00. The lowest BCUT2D eigenvalue weighted by Crippen LogP contribution is -2.42. The van der Waals surface area contributed by atoms with Crippen LogP contribution < -0.4 is 16.0 Å². The number of benzene rings is 1. The van der Waals surface area contributed by atoms with Gasteiger partial charge >= 0.3 is 12.1 Å². The Hall–Kier alpha value is -2.61. The van der Waals surface area contributed by atoms with E-state index in [0.29, 0.717) is 31.2 Å². The van der Waals surface area contributed by atoms with Crippen LogP contribution in [0, 0.1) is 0 Å². The molecule has 138 valence electrons. The standard InChI is InChI=1S/C18H23N5O2S/c1-12(2)20-16(24)22-17-21-14-8-9-23(11-15(14)26-17)18(25)19-10-13-6-4-3-5-7-13/h3-7,12H,8-11H2,1-2H3,(H,19,25)(H2,20,21,22,24). The Kier molecular flexibility index (Phi) is 5.72. The second kappa shape index (κ2) is 8.18. The first-order valence-electron chi connectivity index (χ1n) is 8.64. The van der Waals surface area contributed by atoms with Gasteiger partial charge in [-0.2, -0.15) is 0 Å². The highest BCUT2D eigenvalue weighted by atomic mass is 32.1. The Labute approximate surface area is 156 Å². The number of carbonyl (C=O) groups excluding carboxylic acids is 2. The molecular weight excluding hydrogens is 350 g/mol. The number of hydrogen-bond acceptors (Lipinski definition) is 4. The van der Waals surface area contributed by atoms with Crippen LogP contribution >= 0.6 is 11.3 Å². The Morgan fingerprint density at radius 1 is 1.27 bits per heavy atom. The van der Waals surface area contributed by atoms with Gasteiger partial charge in [-0.1, -0.05) is 41.7 Å². The van der Waals surface area contributed by atoms with Gasteiger partial charge in [0.05, 0.1) is 12.2 Å². The molecule has 8 heteroatoms. The first-order valence-corrected chi connectivity index (χ1v) is 9.45. The van der Waals surface area contributed by atoms with Crippen LogP contribution in [-0.2, 0) is 19.5 Å². The lowest BCUT2D eigenvalue weighted by molar-refractivity contribution is 0.192. The molecule has 0 aliphatic carbocycles. The molecule has 3 rings (SSSR count). The summed E-state index contributed by atoms with van der Waals surface area (Å²) in [6.45, 7) is 5.45. The summed E-state index contributed by atoms with van der Waals surface area (Å²) in [6.07, 6.45) is 0.693. The third-order valence-electron chi connectivity index (χ3n) is 3.95. The van der Waals surface area contributed by atoms with Crippen LogP contribution in [0.1, 0.15) is 30.0 Å². The van der Waals surface area contributed by atoms with Crippen molar-refractivity contribution in [1.29, 1.82) is 0 Å². The van der Waals surface area contributed by atoms with Gasteiger partial charge in [-0.15, -0.1) is 0 Å². The van der Waals surface area contributed by atoms with Gasteiger partial charge in [-0.3, -0.25) is 5.32 Å². The molecule has 7 nitrogen and oxygen atoms in total. The monoisotopic (exact) mass is 373 g/mol. The topological polar surface area (TPSA) is 86.4 Å². The van der Waals surface area contributed by atoms with Crippen molar-refractivity contribution in [2.45, 2.75) is 39.4 Å². The average molecular weight is 373 g/mol. The summed E-state index contributed by atoms with van der Waals surface area (Å²) in [5, 5.41) is 9.05. The molecule has 2 aromatic rings. The van der Waals surface area contributed by atoms with E-state index in [4.69, 9.17) is 0 Å². The van der Waals surface area contributed by atoms with E-state index < -0.39 is 0 Å². The first-order chi connectivity index (χ1) is 12.5. The maximum absolute atomic E-state index is 12.4. The molecule has 0 saturated heterocycles. The van der Waals surface area contributed by atoms with Gasteiger partial charge in [-0.25, -0.2) is 14.6 Å². The number of amides is 4. The van der Waals surface area contributed by atoms with Crippen molar-refractivity contribution in [3.63, 3.8) is 0 Å². The SMILES string of the molecule is CC(C)NC(=O)Nc1nc2c(s1)CN(C(=O)NCc1ccccc1)CC2. The molecular formula is C18H23N5O2S. The number of nitrogens with one attached hydrogen (secondary N) is 3. The van der Waals surface area contributed by atoms with Gasteiger partial charge in [0.2, 0.25) is 0 Å². The maximum atomic E-state index is 12.4. The van der Waals surface area contributed by atoms with Crippen molar-refractivity contribution in [2.24, 2.45) is 0 Å². The minimum atomic E-state index is -0.261. The molecule has 2 heterocycles. The second-order valence-electron chi connectivity index (χ2n) is 6.46. The Balaban J connectivity index is 1.55. The zero-order valence-electron chi connectivity index (χ0n) is 14.9. The van der Waals surface area contributed by atoms with Crippen LogP contribution in [0.4, 0.5) is 14.7 Å². The van der Waals surface area contributed by atoms with Crippen molar-refractivity contribution in [2.75, 3.05) is 11.9 Å². The minimum Gasteiger partial charge on any atom is -0.336 e. The van der Waals surface area contributed by atoms with Gasteiger partial charge in [-0.05, 0) is 19.4 Å². The maximum Gasteiger partial charge on any atom is 0.321 e. The van der Waals surface area contributed by atoms with Gasteiger partial charge in [0.1, 0.15) is 0 Å². The van der Waals surface area contributed by atoms with Crippen molar-refractivity contribution < 1.29 is 9.59 Å². The predicted molar refractivity (Wildman–Crippen MR) is 102 cm³/mol. The molecule has 1 aliphatic heterocycles. The van der Waals surface area contributed by atoms with Crippen LogP contribution in [0.25, 0.3) is 0 Å². The molecule has 26 heavy (non-hydrogen) atoms. The molecule has 1 aromatic heterocycles. The van der Waals surface area contributed by atoms with E-state index >= 15 is 0 Å². The largest absolute Gasteiger partial charge is 0.336 e. The highest BCUT2D eigenvalue weighted by molar-refractivity contribution is 7.15. The molecule has 1 aliphatic rings. The van der Waals surface area contributed by atoms with Crippen molar-refractivity contribution >= 4 is 28.5 Å². The van der Waals surface area contributed by atoms with Gasteiger partial charge in [0.15, 0.2) is 5.13 Å². The second-order valence-corrected chi connectivity index (χ2v) is 7.54. The van der Waals surface area contributed by atoms with Crippen LogP contribution in [0.3, 0.4) is 0 Å². The number of aromatic nitrogens is 1. The van der Waals surface area contributed by atoms with E-state index in [9.17, 15) is 9.59 Å². The van der Waals surface area contributed by atoms with Crippen LogP contribution in [-0.4, -0.2) is 34.5 Å². The fraction of sp³-hybridized carbons (Fsp3) is 0.389. The van der Waals surface area contributed by atoms with E-state index in [1.165, 1.54) is 11.3 Å². The molecule has 0 atom stereocenters. The zero-order chi connectivity index (χ0) is 18.5. The van der Waals surface area contributed by atoms with E-state index in [1.54, 1.807) is 4.90 Å². The summed E-state index contributed by atoms with van der Waals surface area (Å²) < 4.78 is 0. The molecule has 3 N–H and O–H groups in total. The summed E-state index contributed by atoms with van der Waals surface area (Å²) in [4.78, 5) is 31.5. The fourth-order valence-electron chi connectivity index (χ4n) is 2.70. The molecule has 1 aromatic carbocycles. The van der Waals surface area contributed by atoms with Crippen molar-refractivity contribution in [3.05, 3.63) is 46.5 Å².